The molecule has 1 atom stereocenters. The third kappa shape index (κ3) is 2.96. The van der Waals surface area contributed by atoms with Crippen LogP contribution in [0.2, 0.25) is 0 Å². The first-order valence-electron chi connectivity index (χ1n) is 5.06. The summed E-state index contributed by atoms with van der Waals surface area (Å²) >= 11 is 3.98. The Morgan fingerprint density at radius 3 is 2.88 bits per heavy atom. The average molecular weight is 258 g/mol. The van der Waals surface area contributed by atoms with E-state index in [4.69, 9.17) is 0 Å². The number of nitrogens with zero attached hydrogens (tertiary/aromatic N) is 3. The molecule has 0 aliphatic carbocycles. The number of nitrogens with one attached hydrogen (secondary N) is 1. The molecule has 8 heteroatoms. The van der Waals surface area contributed by atoms with Crippen LogP contribution in [0.3, 0.4) is 0 Å². The molecule has 0 aliphatic rings. The minimum atomic E-state index is -0.580. The Balaban J connectivity index is 2.86. The Morgan fingerprint density at radius 1 is 1.76 bits per heavy atom. The van der Waals surface area contributed by atoms with Gasteiger partial charge in [-0.05, 0) is 13.8 Å². The molecular formula is C9H14N4O3S. The highest BCUT2D eigenvalue weighted by atomic mass is 32.1. The largest absolute Gasteiger partial charge is 0.353 e. The number of thiol groups is 1. The molecule has 1 amide bonds. The van der Waals surface area contributed by atoms with Gasteiger partial charge in [-0.1, -0.05) is 0 Å². The van der Waals surface area contributed by atoms with Crippen LogP contribution in [-0.4, -0.2) is 32.9 Å². The van der Waals surface area contributed by atoms with E-state index in [1.54, 1.807) is 13.8 Å². The molecule has 1 N–H and O–H groups in total. The van der Waals surface area contributed by atoms with E-state index in [0.29, 0.717) is 18.0 Å². The number of aromatic nitrogens is 2. The first-order chi connectivity index (χ1) is 7.99. The molecular weight excluding hydrogens is 244 g/mol. The summed E-state index contributed by atoms with van der Waals surface area (Å²) in [7, 11) is 0. The second-order valence-corrected chi connectivity index (χ2v) is 3.95. The van der Waals surface area contributed by atoms with E-state index in [9.17, 15) is 14.9 Å². The van der Waals surface area contributed by atoms with Crippen LogP contribution < -0.4 is 5.32 Å². The molecule has 94 valence electrons. The number of hydrogen-bond acceptors (Lipinski definition) is 5. The summed E-state index contributed by atoms with van der Waals surface area (Å²) in [6.45, 7) is 3.65. The topological polar surface area (TPSA) is 90.1 Å². The maximum absolute atomic E-state index is 11.7. The van der Waals surface area contributed by atoms with Crippen molar-refractivity contribution in [2.24, 2.45) is 0 Å². The van der Waals surface area contributed by atoms with Crippen molar-refractivity contribution in [1.82, 2.24) is 15.1 Å². The lowest BCUT2D eigenvalue weighted by Crippen LogP contribution is -2.33. The molecule has 1 aromatic heterocycles. The molecule has 1 unspecified atom stereocenters. The fraction of sp³-hybridized carbons (Fsp3) is 0.556. The fourth-order valence-electron chi connectivity index (χ4n) is 1.42. The van der Waals surface area contributed by atoms with Gasteiger partial charge in [-0.3, -0.25) is 19.6 Å². The SMILES string of the molecule is Cc1c([N+](=O)[O-])cnn1C(C)C(=O)NCCS. The van der Waals surface area contributed by atoms with E-state index in [1.807, 2.05) is 0 Å². The zero-order valence-corrected chi connectivity index (χ0v) is 10.5. The van der Waals surface area contributed by atoms with E-state index in [0.717, 1.165) is 6.20 Å². The highest BCUT2D eigenvalue weighted by molar-refractivity contribution is 7.80. The standard InChI is InChI=1S/C9H14N4O3S/c1-6-8(13(15)16)5-11-12(6)7(2)9(14)10-3-4-17/h5,7,17H,3-4H2,1-2H3,(H,10,14). The Labute approximate surface area is 104 Å². The van der Waals surface area contributed by atoms with Crippen LogP contribution in [-0.2, 0) is 4.79 Å². The predicted octanol–water partition coefficient (Wildman–Crippen LogP) is 0.707. The predicted molar refractivity (Wildman–Crippen MR) is 65.2 cm³/mol. The molecule has 0 saturated heterocycles. The van der Waals surface area contributed by atoms with E-state index in [1.165, 1.54) is 4.68 Å². The van der Waals surface area contributed by atoms with Crippen molar-refractivity contribution in [3.05, 3.63) is 22.0 Å². The van der Waals surface area contributed by atoms with Gasteiger partial charge in [0.2, 0.25) is 5.91 Å². The van der Waals surface area contributed by atoms with Gasteiger partial charge >= 0.3 is 5.69 Å². The maximum atomic E-state index is 11.7. The molecule has 0 saturated carbocycles. The van der Waals surface area contributed by atoms with Gasteiger partial charge in [-0.2, -0.15) is 17.7 Å². The van der Waals surface area contributed by atoms with Crippen molar-refractivity contribution < 1.29 is 9.72 Å². The Kier molecular flexibility index (Phi) is 4.50. The summed E-state index contributed by atoms with van der Waals surface area (Å²) in [4.78, 5) is 21.8. The van der Waals surface area contributed by atoms with Crippen LogP contribution in [0.15, 0.2) is 6.20 Å². The minimum Gasteiger partial charge on any atom is -0.353 e. The maximum Gasteiger partial charge on any atom is 0.309 e. The first kappa shape index (κ1) is 13.5. The van der Waals surface area contributed by atoms with E-state index in [2.05, 4.69) is 23.0 Å². The lowest BCUT2D eigenvalue weighted by molar-refractivity contribution is -0.385. The minimum absolute atomic E-state index is 0.0844. The van der Waals surface area contributed by atoms with E-state index >= 15 is 0 Å². The monoisotopic (exact) mass is 258 g/mol. The van der Waals surface area contributed by atoms with Gasteiger partial charge in [0.25, 0.3) is 0 Å². The Bertz CT molecular complexity index is 432. The molecule has 1 aromatic rings. The van der Waals surface area contributed by atoms with Gasteiger partial charge < -0.3 is 5.32 Å². The van der Waals surface area contributed by atoms with E-state index in [-0.39, 0.29) is 11.6 Å². The molecule has 0 bridgehead atoms. The quantitative estimate of drug-likeness (QED) is 0.462. The third-order valence-electron chi connectivity index (χ3n) is 2.37. The number of hydrogen-bond donors (Lipinski definition) is 2. The van der Waals surface area contributed by atoms with Crippen molar-refractivity contribution >= 4 is 24.2 Å². The zero-order chi connectivity index (χ0) is 13.0. The number of rotatable bonds is 5. The van der Waals surface area contributed by atoms with Gasteiger partial charge in [0, 0.05) is 12.3 Å². The summed E-state index contributed by atoms with van der Waals surface area (Å²) in [5.41, 5.74) is 0.280. The lowest BCUT2D eigenvalue weighted by Gasteiger charge is -2.13. The summed E-state index contributed by atoms with van der Waals surface area (Å²) in [6.07, 6.45) is 1.15. The van der Waals surface area contributed by atoms with Gasteiger partial charge in [-0.25, -0.2) is 0 Å². The van der Waals surface area contributed by atoms with Crippen molar-refractivity contribution in [2.75, 3.05) is 12.3 Å². The van der Waals surface area contributed by atoms with Crippen LogP contribution in [0.4, 0.5) is 5.69 Å². The Morgan fingerprint density at radius 2 is 2.41 bits per heavy atom. The van der Waals surface area contributed by atoms with Crippen molar-refractivity contribution in [3.8, 4) is 0 Å². The second-order valence-electron chi connectivity index (χ2n) is 3.51. The summed E-state index contributed by atoms with van der Waals surface area (Å²) in [5.74, 6) is 0.302. The van der Waals surface area contributed by atoms with Gasteiger partial charge in [0.1, 0.15) is 17.9 Å². The van der Waals surface area contributed by atoms with Gasteiger partial charge in [0.05, 0.1) is 4.92 Å². The van der Waals surface area contributed by atoms with Crippen molar-refractivity contribution in [3.63, 3.8) is 0 Å². The van der Waals surface area contributed by atoms with E-state index < -0.39 is 11.0 Å². The number of nitro groups is 1. The van der Waals surface area contributed by atoms with Crippen LogP contribution >= 0.6 is 12.6 Å². The van der Waals surface area contributed by atoms with Crippen LogP contribution in [0.5, 0.6) is 0 Å². The molecule has 0 aromatic carbocycles. The molecule has 1 rings (SSSR count). The van der Waals surface area contributed by atoms with Crippen LogP contribution in [0, 0.1) is 17.0 Å². The fourth-order valence-corrected chi connectivity index (χ4v) is 1.53. The summed E-state index contributed by atoms with van der Waals surface area (Å²) < 4.78 is 1.34. The molecule has 7 nitrogen and oxygen atoms in total. The van der Waals surface area contributed by atoms with Crippen molar-refractivity contribution in [1.29, 1.82) is 0 Å². The number of amides is 1. The first-order valence-corrected chi connectivity index (χ1v) is 5.69. The molecule has 1 heterocycles. The molecule has 0 fully saturated rings. The number of carbonyl (C=O) groups is 1. The van der Waals surface area contributed by atoms with Crippen LogP contribution in [0.25, 0.3) is 0 Å². The highest BCUT2D eigenvalue weighted by Crippen LogP contribution is 2.19. The Hall–Kier alpha value is -1.57. The smallest absolute Gasteiger partial charge is 0.309 e. The van der Waals surface area contributed by atoms with Gasteiger partial charge in [0.15, 0.2) is 0 Å². The molecule has 0 radical (unpaired) electrons. The lowest BCUT2D eigenvalue weighted by atomic mass is 10.3. The molecule has 0 spiro atoms. The van der Waals surface area contributed by atoms with Gasteiger partial charge in [-0.15, -0.1) is 0 Å². The van der Waals surface area contributed by atoms with Crippen LogP contribution in [0.1, 0.15) is 18.7 Å². The number of carbonyl (C=O) groups excluding carboxylic acids is 1. The molecule has 17 heavy (non-hydrogen) atoms. The molecule has 0 aliphatic heterocycles. The van der Waals surface area contributed by atoms with Crippen molar-refractivity contribution in [2.45, 2.75) is 19.9 Å². The summed E-state index contributed by atoms with van der Waals surface area (Å²) in [5, 5.41) is 17.2. The summed E-state index contributed by atoms with van der Waals surface area (Å²) in [6, 6.07) is -0.580. The zero-order valence-electron chi connectivity index (χ0n) is 9.58. The second kappa shape index (κ2) is 5.67. The normalized spacial score (nSPS) is 12.2. The highest BCUT2D eigenvalue weighted by Gasteiger charge is 2.23. The third-order valence-corrected chi connectivity index (χ3v) is 2.60. The average Bonchev–Trinajstić information content (AvgIpc) is 2.67.